The van der Waals surface area contributed by atoms with Gasteiger partial charge in [0.25, 0.3) is 0 Å². The molecule has 0 aromatic carbocycles. The molecular weight excluding hydrogens is 208 g/mol. The summed E-state index contributed by atoms with van der Waals surface area (Å²) in [5, 5.41) is 0. The van der Waals surface area contributed by atoms with Crippen LogP contribution in [0.3, 0.4) is 0 Å². The first-order valence-corrected chi connectivity index (χ1v) is 7.73. The van der Waals surface area contributed by atoms with E-state index in [-0.39, 0.29) is 0 Å². The Kier molecular flexibility index (Phi) is 12.4. The highest BCUT2D eigenvalue weighted by Crippen LogP contribution is 2.18. The lowest BCUT2D eigenvalue weighted by molar-refractivity contribution is 0.117. The summed E-state index contributed by atoms with van der Waals surface area (Å²) in [5.41, 5.74) is 0. The third kappa shape index (κ3) is 9.64. The first kappa shape index (κ1) is 17.0. The molecule has 0 aliphatic heterocycles. The molecule has 0 spiro atoms. The van der Waals surface area contributed by atoms with Crippen molar-refractivity contribution in [3.63, 3.8) is 0 Å². The van der Waals surface area contributed by atoms with Crippen LogP contribution in [0.2, 0.25) is 0 Å². The van der Waals surface area contributed by atoms with Gasteiger partial charge >= 0.3 is 0 Å². The zero-order valence-electron chi connectivity index (χ0n) is 12.5. The Labute approximate surface area is 109 Å². The summed E-state index contributed by atoms with van der Waals surface area (Å²) in [7, 11) is 0. The molecule has 2 atom stereocenters. The molecule has 0 aromatic rings. The highest BCUT2D eigenvalue weighted by atomic mass is 16.5. The summed E-state index contributed by atoms with van der Waals surface area (Å²) in [6.07, 6.45) is 10.3. The fourth-order valence-corrected chi connectivity index (χ4v) is 2.06. The van der Waals surface area contributed by atoms with E-state index in [1.165, 1.54) is 51.4 Å². The van der Waals surface area contributed by atoms with Crippen molar-refractivity contribution in [2.45, 2.75) is 79.1 Å². The van der Waals surface area contributed by atoms with Gasteiger partial charge in [0, 0.05) is 6.61 Å². The molecule has 17 heavy (non-hydrogen) atoms. The van der Waals surface area contributed by atoms with E-state index in [1.807, 2.05) is 0 Å². The van der Waals surface area contributed by atoms with Crippen molar-refractivity contribution in [1.29, 1.82) is 0 Å². The van der Waals surface area contributed by atoms with Crippen LogP contribution in [-0.2, 0) is 4.74 Å². The summed E-state index contributed by atoms with van der Waals surface area (Å²) in [4.78, 5) is 0. The summed E-state index contributed by atoms with van der Waals surface area (Å²) in [5.74, 6) is 1.42. The van der Waals surface area contributed by atoms with Gasteiger partial charge < -0.3 is 4.74 Å². The van der Waals surface area contributed by atoms with E-state index in [4.69, 9.17) is 4.74 Å². The van der Waals surface area contributed by atoms with Crippen molar-refractivity contribution in [2.24, 2.45) is 11.8 Å². The van der Waals surface area contributed by atoms with E-state index in [9.17, 15) is 0 Å². The second-order valence-electron chi connectivity index (χ2n) is 5.20. The fourth-order valence-electron chi connectivity index (χ4n) is 2.06. The van der Waals surface area contributed by atoms with Crippen LogP contribution in [-0.4, -0.2) is 6.61 Å². The molecule has 0 aliphatic carbocycles. The first-order valence-electron chi connectivity index (χ1n) is 7.73. The molecule has 0 aromatic heterocycles. The smallest absolute Gasteiger partial charge is 0.0867 e. The van der Waals surface area contributed by atoms with E-state index < -0.39 is 0 Å². The van der Waals surface area contributed by atoms with Gasteiger partial charge in [-0.1, -0.05) is 66.2 Å². The minimum Gasteiger partial charge on any atom is -0.375 e. The SMILES string of the molecule is CCCCC([CH]OCC(CC)CCCC)CC. The molecule has 0 rings (SSSR count). The minimum atomic E-state index is 0.665. The Hall–Kier alpha value is -0.0400. The molecule has 0 N–H and O–H groups in total. The van der Waals surface area contributed by atoms with Crippen molar-refractivity contribution < 1.29 is 4.74 Å². The molecule has 1 nitrogen and oxygen atoms in total. The van der Waals surface area contributed by atoms with Crippen molar-refractivity contribution in [2.75, 3.05) is 6.61 Å². The largest absolute Gasteiger partial charge is 0.375 e. The van der Waals surface area contributed by atoms with Crippen molar-refractivity contribution in [3.8, 4) is 0 Å². The second kappa shape index (κ2) is 12.4. The third-order valence-electron chi connectivity index (χ3n) is 3.62. The van der Waals surface area contributed by atoms with E-state index in [0.717, 1.165) is 12.5 Å². The Bertz CT molecular complexity index is 128. The molecule has 2 unspecified atom stereocenters. The van der Waals surface area contributed by atoms with Gasteiger partial charge in [-0.05, 0) is 24.7 Å². The third-order valence-corrected chi connectivity index (χ3v) is 3.62. The van der Waals surface area contributed by atoms with Gasteiger partial charge in [-0.3, -0.25) is 0 Å². The van der Waals surface area contributed by atoms with Gasteiger partial charge in [-0.15, -0.1) is 0 Å². The highest BCUT2D eigenvalue weighted by molar-refractivity contribution is 4.67. The van der Waals surface area contributed by atoms with Crippen LogP contribution in [0.25, 0.3) is 0 Å². The van der Waals surface area contributed by atoms with E-state index in [0.29, 0.717) is 5.92 Å². The lowest BCUT2D eigenvalue weighted by atomic mass is 9.99. The molecule has 0 bridgehead atoms. The summed E-state index contributed by atoms with van der Waals surface area (Å²) < 4.78 is 5.81. The summed E-state index contributed by atoms with van der Waals surface area (Å²) in [6, 6.07) is 0. The van der Waals surface area contributed by atoms with Crippen molar-refractivity contribution >= 4 is 0 Å². The first-order chi connectivity index (χ1) is 8.28. The van der Waals surface area contributed by atoms with Gasteiger partial charge in [-0.25, -0.2) is 0 Å². The maximum Gasteiger partial charge on any atom is 0.0867 e. The van der Waals surface area contributed by atoms with E-state index in [2.05, 4.69) is 34.3 Å². The average Bonchev–Trinajstić information content (AvgIpc) is 2.37. The zero-order valence-corrected chi connectivity index (χ0v) is 12.5. The van der Waals surface area contributed by atoms with Crippen LogP contribution < -0.4 is 0 Å². The Morgan fingerprint density at radius 3 is 2.06 bits per heavy atom. The lowest BCUT2D eigenvalue weighted by Crippen LogP contribution is -2.11. The maximum atomic E-state index is 5.81. The second-order valence-corrected chi connectivity index (χ2v) is 5.20. The van der Waals surface area contributed by atoms with Gasteiger partial charge in [0.15, 0.2) is 0 Å². The molecule has 0 aliphatic rings. The number of unbranched alkanes of at least 4 members (excludes halogenated alkanes) is 2. The molecule has 0 heterocycles. The Morgan fingerprint density at radius 1 is 0.882 bits per heavy atom. The number of rotatable bonds is 12. The summed E-state index contributed by atoms with van der Waals surface area (Å²) >= 11 is 0. The predicted octanol–water partition coefficient (Wildman–Crippen LogP) is 5.60. The van der Waals surface area contributed by atoms with Crippen LogP contribution in [0.4, 0.5) is 0 Å². The van der Waals surface area contributed by atoms with E-state index >= 15 is 0 Å². The molecule has 0 saturated heterocycles. The normalized spacial score (nSPS) is 14.8. The minimum absolute atomic E-state index is 0.665. The molecule has 1 heteroatoms. The Morgan fingerprint density at radius 2 is 1.53 bits per heavy atom. The van der Waals surface area contributed by atoms with Gasteiger partial charge in [0.2, 0.25) is 0 Å². The standard InChI is InChI=1S/C16H33O/c1-5-9-11-15(7-3)13-17-14-16(8-4)12-10-6-2/h13,15-16H,5-12,14H2,1-4H3. The van der Waals surface area contributed by atoms with Gasteiger partial charge in [0.05, 0.1) is 6.61 Å². The number of hydrogen-bond donors (Lipinski definition) is 0. The molecule has 1 radical (unpaired) electrons. The van der Waals surface area contributed by atoms with Crippen LogP contribution in [0.15, 0.2) is 0 Å². The van der Waals surface area contributed by atoms with Crippen molar-refractivity contribution in [1.82, 2.24) is 0 Å². The maximum absolute atomic E-state index is 5.81. The monoisotopic (exact) mass is 241 g/mol. The number of hydrogen-bond acceptors (Lipinski definition) is 1. The average molecular weight is 241 g/mol. The predicted molar refractivity (Wildman–Crippen MR) is 76.9 cm³/mol. The fraction of sp³-hybridized carbons (Fsp3) is 0.938. The molecular formula is C16H33O. The van der Waals surface area contributed by atoms with Crippen molar-refractivity contribution in [3.05, 3.63) is 6.61 Å². The summed E-state index contributed by atoms with van der Waals surface area (Å²) in [6.45, 7) is 12.1. The molecule has 103 valence electrons. The lowest BCUT2D eigenvalue weighted by Gasteiger charge is -2.18. The Balaban J connectivity index is 3.61. The topological polar surface area (TPSA) is 9.23 Å². The van der Waals surface area contributed by atoms with Crippen LogP contribution in [0.5, 0.6) is 0 Å². The van der Waals surface area contributed by atoms with Crippen LogP contribution in [0.1, 0.15) is 79.1 Å². The van der Waals surface area contributed by atoms with Crippen LogP contribution >= 0.6 is 0 Å². The van der Waals surface area contributed by atoms with E-state index in [1.54, 1.807) is 0 Å². The molecule has 0 saturated carbocycles. The quantitative estimate of drug-likeness (QED) is 0.432. The van der Waals surface area contributed by atoms with Crippen LogP contribution in [0, 0.1) is 18.4 Å². The zero-order chi connectivity index (χ0) is 12.9. The molecule has 0 fully saturated rings. The number of ether oxygens (including phenoxy) is 1. The van der Waals surface area contributed by atoms with Gasteiger partial charge in [-0.2, -0.15) is 0 Å². The highest BCUT2D eigenvalue weighted by Gasteiger charge is 2.10. The molecule has 0 amide bonds. The van der Waals surface area contributed by atoms with Gasteiger partial charge in [0.1, 0.15) is 0 Å².